The first-order valence-electron chi connectivity index (χ1n) is 6.38. The lowest BCUT2D eigenvalue weighted by molar-refractivity contribution is -0.133. The third-order valence-electron chi connectivity index (χ3n) is 3.01. The smallest absolute Gasteiger partial charge is 0.337 e. The number of amides is 2. The standard InChI is InChI=1S/C14H16N2O5/c1-9(17)7-15-8-11(13(19)20)12(18)16(14(15)21)10-5-3-2-4-6-10/h2-6,8-9,12,17-18H,7H2,1H3,(H,19,20). The van der Waals surface area contributed by atoms with E-state index in [2.05, 4.69) is 0 Å². The molecule has 0 saturated carbocycles. The second kappa shape index (κ2) is 5.94. The highest BCUT2D eigenvalue weighted by atomic mass is 16.4. The van der Waals surface area contributed by atoms with Crippen molar-refractivity contribution >= 4 is 17.7 Å². The number of carbonyl (C=O) groups excluding carboxylic acids is 1. The summed E-state index contributed by atoms with van der Waals surface area (Å²) in [5.41, 5.74) is 0.0385. The van der Waals surface area contributed by atoms with E-state index in [0.717, 1.165) is 16.0 Å². The van der Waals surface area contributed by atoms with Gasteiger partial charge < -0.3 is 15.3 Å². The van der Waals surface area contributed by atoms with Crippen molar-refractivity contribution in [3.05, 3.63) is 42.1 Å². The number of hydrogen-bond donors (Lipinski definition) is 3. The summed E-state index contributed by atoms with van der Waals surface area (Å²) in [7, 11) is 0. The summed E-state index contributed by atoms with van der Waals surface area (Å²) in [6.07, 6.45) is -1.35. The van der Waals surface area contributed by atoms with Crippen molar-refractivity contribution in [1.29, 1.82) is 0 Å². The van der Waals surface area contributed by atoms with Crippen LogP contribution in [-0.4, -0.2) is 51.1 Å². The summed E-state index contributed by atoms with van der Waals surface area (Å²) in [6.45, 7) is 1.42. The quantitative estimate of drug-likeness (QED) is 0.754. The van der Waals surface area contributed by atoms with Crippen molar-refractivity contribution in [2.75, 3.05) is 11.4 Å². The molecule has 112 valence electrons. The summed E-state index contributed by atoms with van der Waals surface area (Å²) in [4.78, 5) is 25.7. The lowest BCUT2D eigenvalue weighted by atomic mass is 10.1. The van der Waals surface area contributed by atoms with Gasteiger partial charge in [-0.15, -0.1) is 0 Å². The van der Waals surface area contributed by atoms with Crippen LogP contribution in [0, 0.1) is 0 Å². The van der Waals surface area contributed by atoms with E-state index >= 15 is 0 Å². The number of aliphatic hydroxyl groups is 2. The number of hydrogen-bond acceptors (Lipinski definition) is 4. The summed E-state index contributed by atoms with van der Waals surface area (Å²) in [5, 5.41) is 28.7. The van der Waals surface area contributed by atoms with Gasteiger partial charge in [0.05, 0.1) is 12.6 Å². The van der Waals surface area contributed by atoms with Gasteiger partial charge in [-0.05, 0) is 19.1 Å². The molecule has 21 heavy (non-hydrogen) atoms. The molecule has 2 atom stereocenters. The third-order valence-corrected chi connectivity index (χ3v) is 3.01. The predicted molar refractivity (Wildman–Crippen MR) is 74.4 cm³/mol. The maximum Gasteiger partial charge on any atom is 0.337 e. The van der Waals surface area contributed by atoms with Crippen LogP contribution < -0.4 is 4.90 Å². The molecule has 2 rings (SSSR count). The van der Waals surface area contributed by atoms with Crippen LogP contribution in [0.5, 0.6) is 0 Å². The fourth-order valence-electron chi connectivity index (χ4n) is 2.09. The molecule has 2 amide bonds. The van der Waals surface area contributed by atoms with Crippen molar-refractivity contribution in [3.8, 4) is 0 Å². The van der Waals surface area contributed by atoms with E-state index in [1.807, 2.05) is 0 Å². The zero-order chi connectivity index (χ0) is 15.6. The van der Waals surface area contributed by atoms with Gasteiger partial charge in [0.1, 0.15) is 5.57 Å². The van der Waals surface area contributed by atoms with Gasteiger partial charge in [0.15, 0.2) is 6.23 Å². The maximum atomic E-state index is 12.4. The Morgan fingerprint density at radius 1 is 1.33 bits per heavy atom. The molecule has 1 aliphatic heterocycles. The fourth-order valence-corrected chi connectivity index (χ4v) is 2.09. The lowest BCUT2D eigenvalue weighted by Crippen LogP contribution is -2.54. The summed E-state index contributed by atoms with van der Waals surface area (Å²) in [5.74, 6) is -1.33. The predicted octanol–water partition coefficient (Wildman–Crippen LogP) is 0.596. The molecule has 0 bridgehead atoms. The highest BCUT2D eigenvalue weighted by Gasteiger charge is 2.37. The SMILES string of the molecule is CC(O)CN1C=C(C(=O)O)C(O)N(c2ccccc2)C1=O. The van der Waals surface area contributed by atoms with Gasteiger partial charge in [-0.25, -0.2) is 9.59 Å². The summed E-state index contributed by atoms with van der Waals surface area (Å²) >= 11 is 0. The molecule has 0 aliphatic carbocycles. The number of benzene rings is 1. The summed E-state index contributed by atoms with van der Waals surface area (Å²) in [6, 6.07) is 7.67. The minimum absolute atomic E-state index is 0.0638. The van der Waals surface area contributed by atoms with Gasteiger partial charge in [-0.3, -0.25) is 9.80 Å². The molecule has 2 unspecified atom stereocenters. The van der Waals surface area contributed by atoms with Crippen LogP contribution in [0.3, 0.4) is 0 Å². The van der Waals surface area contributed by atoms with Crippen LogP contribution in [0.15, 0.2) is 42.1 Å². The first-order valence-corrected chi connectivity index (χ1v) is 6.38. The van der Waals surface area contributed by atoms with Crippen LogP contribution in [0.1, 0.15) is 6.92 Å². The van der Waals surface area contributed by atoms with Crippen molar-refractivity contribution in [1.82, 2.24) is 4.90 Å². The third kappa shape index (κ3) is 3.04. The highest BCUT2D eigenvalue weighted by molar-refractivity contribution is 6.00. The molecule has 0 aromatic heterocycles. The Labute approximate surface area is 121 Å². The molecule has 1 aromatic carbocycles. The number of anilines is 1. The molecule has 0 spiro atoms. The van der Waals surface area contributed by atoms with Gasteiger partial charge >= 0.3 is 12.0 Å². The highest BCUT2D eigenvalue weighted by Crippen LogP contribution is 2.26. The van der Waals surface area contributed by atoms with Crippen LogP contribution >= 0.6 is 0 Å². The number of urea groups is 1. The van der Waals surface area contributed by atoms with Crippen LogP contribution in [0.4, 0.5) is 10.5 Å². The van der Waals surface area contributed by atoms with Gasteiger partial charge in [-0.2, -0.15) is 0 Å². The van der Waals surface area contributed by atoms with E-state index in [9.17, 15) is 19.8 Å². The molecular weight excluding hydrogens is 276 g/mol. The first kappa shape index (κ1) is 15.0. The second-order valence-electron chi connectivity index (χ2n) is 4.75. The van der Waals surface area contributed by atoms with Crippen LogP contribution in [-0.2, 0) is 4.79 Å². The molecule has 3 N–H and O–H groups in total. The topological polar surface area (TPSA) is 101 Å². The van der Waals surface area contributed by atoms with E-state index in [1.54, 1.807) is 30.3 Å². The number of carboxylic acid groups (broad SMARTS) is 1. The van der Waals surface area contributed by atoms with E-state index < -0.39 is 24.3 Å². The van der Waals surface area contributed by atoms with Crippen molar-refractivity contribution in [2.24, 2.45) is 0 Å². The minimum Gasteiger partial charge on any atom is -0.478 e. The van der Waals surface area contributed by atoms with Gasteiger partial charge in [0, 0.05) is 11.9 Å². The fraction of sp³-hybridized carbons (Fsp3) is 0.286. The Morgan fingerprint density at radius 3 is 2.48 bits per heavy atom. The number of rotatable bonds is 4. The number of carbonyl (C=O) groups is 2. The van der Waals surface area contributed by atoms with Gasteiger partial charge in [-0.1, -0.05) is 18.2 Å². The maximum absolute atomic E-state index is 12.4. The number of nitrogens with zero attached hydrogens (tertiary/aromatic N) is 2. The monoisotopic (exact) mass is 292 g/mol. The molecule has 0 saturated heterocycles. The average molecular weight is 292 g/mol. The van der Waals surface area contributed by atoms with E-state index in [1.165, 1.54) is 6.92 Å². The number of carboxylic acids is 1. The van der Waals surface area contributed by atoms with Gasteiger partial charge in [0.2, 0.25) is 0 Å². The Morgan fingerprint density at radius 2 is 1.95 bits per heavy atom. The van der Waals surface area contributed by atoms with Crippen LogP contribution in [0.2, 0.25) is 0 Å². The normalized spacial score (nSPS) is 20.2. The Bertz CT molecular complexity index is 570. The molecule has 0 radical (unpaired) electrons. The number of aliphatic carboxylic acids is 1. The zero-order valence-electron chi connectivity index (χ0n) is 11.4. The van der Waals surface area contributed by atoms with E-state index in [4.69, 9.17) is 5.11 Å². The Hall–Kier alpha value is -2.38. The molecule has 7 heteroatoms. The van der Waals surface area contributed by atoms with Gasteiger partial charge in [0.25, 0.3) is 0 Å². The minimum atomic E-state index is -1.58. The second-order valence-corrected chi connectivity index (χ2v) is 4.75. The lowest BCUT2D eigenvalue weighted by Gasteiger charge is -2.37. The average Bonchev–Trinajstić information content (AvgIpc) is 2.42. The number of β-amino-alcohol motifs (C(OH)–C–C–N with tert-alkyl or cyclic N) is 1. The van der Waals surface area contributed by atoms with E-state index in [-0.39, 0.29) is 12.1 Å². The largest absolute Gasteiger partial charge is 0.478 e. The molecule has 7 nitrogen and oxygen atoms in total. The van der Waals surface area contributed by atoms with E-state index in [0.29, 0.717) is 5.69 Å². The molecular formula is C14H16N2O5. The Balaban J connectivity index is 2.44. The number of para-hydroxylation sites is 1. The van der Waals surface area contributed by atoms with Crippen molar-refractivity contribution in [3.63, 3.8) is 0 Å². The van der Waals surface area contributed by atoms with Crippen LogP contribution in [0.25, 0.3) is 0 Å². The molecule has 1 aromatic rings. The summed E-state index contributed by atoms with van der Waals surface area (Å²) < 4.78 is 0. The molecule has 1 heterocycles. The van der Waals surface area contributed by atoms with Crippen molar-refractivity contribution in [2.45, 2.75) is 19.3 Å². The van der Waals surface area contributed by atoms with Crippen molar-refractivity contribution < 1.29 is 24.9 Å². The molecule has 1 aliphatic rings. The number of aliphatic hydroxyl groups excluding tert-OH is 2. The Kier molecular flexibility index (Phi) is 4.25. The first-order chi connectivity index (χ1) is 9.91. The zero-order valence-corrected chi connectivity index (χ0v) is 11.4. The molecule has 0 fully saturated rings.